The highest BCUT2D eigenvalue weighted by Crippen LogP contribution is 2.49. The summed E-state index contributed by atoms with van der Waals surface area (Å²) in [7, 11) is 0. The van der Waals surface area contributed by atoms with Crippen molar-refractivity contribution >= 4 is 55.4 Å². The Morgan fingerprint density at radius 1 is 0.491 bits per heavy atom. The van der Waals surface area contributed by atoms with E-state index in [2.05, 4.69) is 180 Å². The minimum absolute atomic E-state index is 0.0977. The number of amidine groups is 1. The van der Waals surface area contributed by atoms with E-state index in [0.717, 1.165) is 40.5 Å². The van der Waals surface area contributed by atoms with Gasteiger partial charge in [0.1, 0.15) is 0 Å². The molecule has 0 fully saturated rings. The van der Waals surface area contributed by atoms with Crippen LogP contribution in [0.25, 0.3) is 60.7 Å². The molecule has 3 nitrogen and oxygen atoms in total. The highest BCUT2D eigenvalue weighted by Gasteiger charge is 2.36. The molecule has 2 heterocycles. The van der Waals surface area contributed by atoms with Crippen LogP contribution in [0.2, 0.25) is 0 Å². The summed E-state index contributed by atoms with van der Waals surface area (Å²) in [5.41, 5.74) is 15.9. The molecule has 9 aromatic rings. The maximum absolute atomic E-state index is 5.43. The van der Waals surface area contributed by atoms with Crippen molar-refractivity contribution in [1.82, 2.24) is 4.57 Å². The van der Waals surface area contributed by atoms with Crippen LogP contribution in [-0.4, -0.2) is 16.1 Å². The first kappa shape index (κ1) is 30.4. The molecule has 55 heavy (non-hydrogen) atoms. The number of hydrogen-bond donors (Lipinski definition) is 0. The largest absolute Gasteiger partial charge is 0.309 e. The smallest absolute Gasteiger partial charge is 0.159 e. The van der Waals surface area contributed by atoms with Crippen molar-refractivity contribution in [2.75, 3.05) is 0 Å². The zero-order chi connectivity index (χ0) is 36.0. The Labute approximate surface area is 318 Å². The first-order valence-corrected chi connectivity index (χ1v) is 19.1. The number of aromatic nitrogens is 1. The quantitative estimate of drug-likeness (QED) is 0.175. The van der Waals surface area contributed by atoms with Gasteiger partial charge in [0.2, 0.25) is 0 Å². The van der Waals surface area contributed by atoms with Crippen LogP contribution in [0, 0.1) is 5.92 Å². The molecule has 12 rings (SSSR count). The molecular formula is C52H33N3. The Bertz CT molecular complexity index is 3260. The van der Waals surface area contributed by atoms with E-state index in [-0.39, 0.29) is 5.92 Å². The van der Waals surface area contributed by atoms with E-state index >= 15 is 0 Å². The van der Waals surface area contributed by atoms with Crippen molar-refractivity contribution in [3.05, 3.63) is 220 Å². The number of nitrogens with zero attached hydrogens (tertiary/aromatic N) is 3. The SMILES string of the molecule is c1ccc(C2=NC3=c4ccccc4=C(c4ccccc4)C3C(c3ccc(-n4c5ccccc5c5c6c(c7ccccc7c54)-c4ccccc4C6)cc3)=N2)cc1. The first-order chi connectivity index (χ1) is 27.3. The van der Waals surface area contributed by atoms with Crippen LogP contribution >= 0.6 is 0 Å². The van der Waals surface area contributed by atoms with E-state index < -0.39 is 0 Å². The summed E-state index contributed by atoms with van der Waals surface area (Å²) in [6.45, 7) is 0. The summed E-state index contributed by atoms with van der Waals surface area (Å²) in [5.74, 6) is 0.651. The molecule has 0 saturated carbocycles. The van der Waals surface area contributed by atoms with E-state index in [1.807, 2.05) is 6.07 Å². The third-order valence-electron chi connectivity index (χ3n) is 11.9. The molecule has 1 aliphatic heterocycles. The minimum Gasteiger partial charge on any atom is -0.309 e. The van der Waals surface area contributed by atoms with Gasteiger partial charge in [-0.3, -0.25) is 0 Å². The molecule has 256 valence electrons. The van der Waals surface area contributed by atoms with Crippen LogP contribution in [-0.2, 0) is 6.42 Å². The van der Waals surface area contributed by atoms with E-state index in [1.165, 1.54) is 76.4 Å². The van der Waals surface area contributed by atoms with Crippen molar-refractivity contribution in [1.29, 1.82) is 0 Å². The number of aliphatic imine (C=N–C) groups is 2. The number of para-hydroxylation sites is 1. The molecule has 1 atom stereocenters. The maximum Gasteiger partial charge on any atom is 0.159 e. The van der Waals surface area contributed by atoms with Crippen molar-refractivity contribution in [2.45, 2.75) is 6.42 Å². The van der Waals surface area contributed by atoms with Gasteiger partial charge >= 0.3 is 0 Å². The predicted octanol–water partition coefficient (Wildman–Crippen LogP) is 10.4. The summed E-state index contributed by atoms with van der Waals surface area (Å²) in [6, 6.07) is 65.8. The normalized spacial score (nSPS) is 15.5. The van der Waals surface area contributed by atoms with Crippen molar-refractivity contribution in [3.8, 4) is 16.8 Å². The minimum atomic E-state index is -0.0977. The van der Waals surface area contributed by atoms with Crippen LogP contribution in [0.4, 0.5) is 0 Å². The molecule has 1 unspecified atom stereocenters. The number of hydrogen-bond acceptors (Lipinski definition) is 2. The van der Waals surface area contributed by atoms with Gasteiger partial charge in [-0.05, 0) is 74.2 Å². The van der Waals surface area contributed by atoms with Gasteiger partial charge in [-0.1, -0.05) is 164 Å². The average Bonchev–Trinajstić information content (AvgIpc) is 3.93. The number of rotatable bonds is 4. The Morgan fingerprint density at radius 3 is 1.93 bits per heavy atom. The van der Waals surface area contributed by atoms with Crippen molar-refractivity contribution in [3.63, 3.8) is 0 Å². The molecule has 0 amide bonds. The first-order valence-electron chi connectivity index (χ1n) is 19.1. The fraction of sp³-hybridized carbons (Fsp3) is 0.0385. The molecule has 0 spiro atoms. The lowest BCUT2D eigenvalue weighted by molar-refractivity contribution is 1.12. The summed E-state index contributed by atoms with van der Waals surface area (Å²) in [5, 5.41) is 7.64. The topological polar surface area (TPSA) is 29.6 Å². The van der Waals surface area contributed by atoms with Crippen LogP contribution in [0.3, 0.4) is 0 Å². The molecule has 0 radical (unpaired) electrons. The standard InChI is InChI=1S/C52H33N3/c1-3-15-32(16-4-1)45-38-21-9-11-23-40(38)50-48(45)49(53-52(54-50)34-17-5-2-6-18-34)33-27-29-36(30-28-33)55-44-26-14-13-25-42(44)47-43-31-35-19-7-8-20-37(35)46(43)39-22-10-12-24-41(39)51(47)55/h1-30,48H,31H2. The molecule has 3 heteroatoms. The predicted molar refractivity (Wildman–Crippen MR) is 228 cm³/mol. The molecule has 0 saturated heterocycles. The summed E-state index contributed by atoms with van der Waals surface area (Å²) in [4.78, 5) is 10.8. The molecule has 1 aromatic heterocycles. The van der Waals surface area contributed by atoms with Gasteiger partial charge in [-0.25, -0.2) is 9.98 Å². The highest BCUT2D eigenvalue weighted by molar-refractivity contribution is 6.26. The zero-order valence-corrected chi connectivity index (χ0v) is 29.9. The summed E-state index contributed by atoms with van der Waals surface area (Å²) >= 11 is 0. The fourth-order valence-electron chi connectivity index (χ4n) is 9.62. The maximum atomic E-state index is 5.43. The Balaban J connectivity index is 1.08. The molecule has 8 aromatic carbocycles. The third kappa shape index (κ3) is 4.38. The van der Waals surface area contributed by atoms with Crippen LogP contribution in [0.5, 0.6) is 0 Å². The second kappa shape index (κ2) is 11.7. The van der Waals surface area contributed by atoms with Gasteiger partial charge in [0.15, 0.2) is 5.84 Å². The Kier molecular flexibility index (Phi) is 6.46. The highest BCUT2D eigenvalue weighted by atomic mass is 15.0. The molecule has 2 aliphatic carbocycles. The molecule has 3 aliphatic rings. The van der Waals surface area contributed by atoms with Gasteiger partial charge in [0.25, 0.3) is 0 Å². The number of fused-ring (bicyclic) bond motifs is 12. The molecular weight excluding hydrogens is 667 g/mol. The summed E-state index contributed by atoms with van der Waals surface area (Å²) < 4.78 is 2.49. The number of benzene rings is 8. The van der Waals surface area contributed by atoms with Crippen molar-refractivity contribution < 1.29 is 0 Å². The van der Waals surface area contributed by atoms with Gasteiger partial charge in [0.05, 0.1) is 28.4 Å². The lowest BCUT2D eigenvalue weighted by Crippen LogP contribution is -2.25. The van der Waals surface area contributed by atoms with E-state index in [0.29, 0.717) is 0 Å². The van der Waals surface area contributed by atoms with E-state index in [1.54, 1.807) is 0 Å². The lowest BCUT2D eigenvalue weighted by atomic mass is 9.84. The molecule has 0 N–H and O–H groups in total. The van der Waals surface area contributed by atoms with Crippen molar-refractivity contribution in [2.24, 2.45) is 15.9 Å². The van der Waals surface area contributed by atoms with Crippen LogP contribution < -0.4 is 10.4 Å². The Hall–Kier alpha value is -7.10. The van der Waals surface area contributed by atoms with Crippen LogP contribution in [0.1, 0.15) is 27.8 Å². The van der Waals surface area contributed by atoms with Gasteiger partial charge < -0.3 is 4.57 Å². The lowest BCUT2D eigenvalue weighted by Gasteiger charge is -2.25. The van der Waals surface area contributed by atoms with Gasteiger partial charge in [0, 0.05) is 32.6 Å². The third-order valence-corrected chi connectivity index (χ3v) is 11.9. The molecule has 0 bridgehead atoms. The van der Waals surface area contributed by atoms with Gasteiger partial charge in [-0.2, -0.15) is 0 Å². The van der Waals surface area contributed by atoms with Crippen LogP contribution in [0.15, 0.2) is 192 Å². The van der Waals surface area contributed by atoms with E-state index in [9.17, 15) is 0 Å². The second-order valence-electron chi connectivity index (χ2n) is 14.8. The Morgan fingerprint density at radius 2 is 1.13 bits per heavy atom. The van der Waals surface area contributed by atoms with Gasteiger partial charge in [-0.15, -0.1) is 0 Å². The van der Waals surface area contributed by atoms with E-state index in [4.69, 9.17) is 9.98 Å². The monoisotopic (exact) mass is 699 g/mol. The zero-order valence-electron chi connectivity index (χ0n) is 29.9. The average molecular weight is 700 g/mol. The summed E-state index contributed by atoms with van der Waals surface area (Å²) in [6.07, 6.45) is 0.938. The fourth-order valence-corrected chi connectivity index (χ4v) is 9.62. The second-order valence-corrected chi connectivity index (χ2v) is 14.8.